The van der Waals surface area contributed by atoms with E-state index in [0.29, 0.717) is 84.7 Å². The van der Waals surface area contributed by atoms with Gasteiger partial charge in [-0.05, 0) is 117 Å². The van der Waals surface area contributed by atoms with E-state index >= 15 is 0 Å². The molecule has 2 aliphatic heterocycles. The van der Waals surface area contributed by atoms with Crippen molar-refractivity contribution in [3.63, 3.8) is 0 Å². The van der Waals surface area contributed by atoms with Crippen LogP contribution in [0, 0.1) is 11.8 Å². The van der Waals surface area contributed by atoms with E-state index < -0.39 is 83.2 Å². The van der Waals surface area contributed by atoms with E-state index in [1.54, 1.807) is 48.5 Å². The van der Waals surface area contributed by atoms with Crippen LogP contribution in [0.3, 0.4) is 0 Å². The fourth-order valence-corrected chi connectivity index (χ4v) is 13.5. The number of phenols is 2. The van der Waals surface area contributed by atoms with E-state index in [1.165, 1.54) is 12.1 Å². The smallest absolute Gasteiger partial charge is 0.336 e. The third-order valence-electron chi connectivity index (χ3n) is 17.0. The molecule has 2 saturated heterocycles. The summed E-state index contributed by atoms with van der Waals surface area (Å²) in [6, 6.07) is 24.3. The number of ether oxygens (including phenoxy) is 4. The number of hydrogen-bond acceptors (Lipinski definition) is 17. The fourth-order valence-electron chi connectivity index (χ4n) is 13.5. The molecule has 13 N–H and O–H groups in total. The number of phenolic OH excluding ortho intramolecular Hbond substituents is 2. The van der Waals surface area contributed by atoms with Crippen LogP contribution in [0.15, 0.2) is 111 Å². The molecule has 2 aromatic heterocycles. The third-order valence-corrected chi connectivity index (χ3v) is 17.0. The lowest BCUT2D eigenvalue weighted by Gasteiger charge is -2.60. The van der Waals surface area contributed by atoms with Gasteiger partial charge >= 0.3 is 5.97 Å². The molecular formula is C57H60N4O15. The van der Waals surface area contributed by atoms with Gasteiger partial charge in [-0.3, -0.25) is 10.1 Å². The van der Waals surface area contributed by atoms with Crippen LogP contribution in [0.25, 0.3) is 22.3 Å². The number of carboxylic acids is 1. The number of benzene rings is 4. The number of anilines is 1. The van der Waals surface area contributed by atoms with Gasteiger partial charge in [0, 0.05) is 65.6 Å². The Bertz CT molecular complexity index is 3330. The van der Waals surface area contributed by atoms with Crippen LogP contribution in [0.5, 0.6) is 28.7 Å². The van der Waals surface area contributed by atoms with E-state index in [2.05, 4.69) is 15.6 Å². The number of aromatic hydroxyl groups is 2. The van der Waals surface area contributed by atoms with Gasteiger partial charge in [-0.1, -0.05) is 42.0 Å². The van der Waals surface area contributed by atoms with Gasteiger partial charge in [-0.15, -0.1) is 0 Å². The predicted molar refractivity (Wildman–Crippen MR) is 274 cm³/mol. The summed E-state index contributed by atoms with van der Waals surface area (Å²) in [6.45, 7) is 0.121. The van der Waals surface area contributed by atoms with Gasteiger partial charge in [0.05, 0.1) is 6.61 Å². The first-order chi connectivity index (χ1) is 36.6. The van der Waals surface area contributed by atoms with E-state index in [9.17, 15) is 50.4 Å². The number of aliphatic hydroxyl groups excluding tert-OH is 3. The second-order valence-electron chi connectivity index (χ2n) is 21.1. The van der Waals surface area contributed by atoms with Crippen LogP contribution in [0.4, 0.5) is 5.82 Å². The molecule has 76 heavy (non-hydrogen) atoms. The van der Waals surface area contributed by atoms with Gasteiger partial charge in [0.1, 0.15) is 57.5 Å². The summed E-state index contributed by atoms with van der Waals surface area (Å²) in [5.41, 5.74) is 3.28. The Hall–Kier alpha value is -6.94. The minimum atomic E-state index is -2.62. The van der Waals surface area contributed by atoms with Crippen LogP contribution in [0.2, 0.25) is 0 Å². The Morgan fingerprint density at radius 2 is 1.72 bits per heavy atom. The highest BCUT2D eigenvalue weighted by atomic mass is 16.7. The Balaban J connectivity index is 1.00. The normalized spacial score (nSPS) is 29.5. The number of fused-ring (bicyclic) bond motifs is 8. The van der Waals surface area contributed by atoms with Crippen LogP contribution in [-0.2, 0) is 34.4 Å². The summed E-state index contributed by atoms with van der Waals surface area (Å²) in [7, 11) is 0. The molecule has 0 amide bonds. The average molecular weight is 1040 g/mol. The molecule has 2 bridgehead atoms. The number of hydrogen-bond donors (Lipinski definition) is 12. The number of nitrogens with two attached hydrogens (primary N) is 1. The molecule has 398 valence electrons. The predicted octanol–water partition coefficient (Wildman–Crippen LogP) is 4.31. The van der Waals surface area contributed by atoms with E-state index in [-0.39, 0.29) is 58.5 Å². The molecule has 4 heterocycles. The molecule has 19 nitrogen and oxygen atoms in total. The second-order valence-corrected chi connectivity index (χ2v) is 21.1. The van der Waals surface area contributed by atoms with Gasteiger partial charge in [0.2, 0.25) is 12.0 Å². The van der Waals surface area contributed by atoms with Gasteiger partial charge in [0.15, 0.2) is 34.7 Å². The van der Waals surface area contributed by atoms with Crippen molar-refractivity contribution in [1.82, 2.24) is 15.6 Å². The van der Waals surface area contributed by atoms with Crippen molar-refractivity contribution in [3.8, 4) is 40.1 Å². The quantitative estimate of drug-likeness (QED) is 0.0760. The molecule has 6 aromatic rings. The summed E-state index contributed by atoms with van der Waals surface area (Å²) in [5, 5.41) is 101. The van der Waals surface area contributed by atoms with Crippen LogP contribution < -0.4 is 36.0 Å². The number of aryl methyl sites for hydroxylation is 1. The zero-order valence-corrected chi connectivity index (χ0v) is 41.3. The first-order valence-electron chi connectivity index (χ1n) is 25.9. The molecule has 0 spiro atoms. The summed E-state index contributed by atoms with van der Waals surface area (Å²) in [6.07, 6.45) is -4.16. The lowest BCUT2D eigenvalue weighted by atomic mass is 9.56. The highest BCUT2D eigenvalue weighted by molar-refractivity contribution is 5.90. The van der Waals surface area contributed by atoms with E-state index in [1.807, 2.05) is 30.3 Å². The fraction of sp³-hybridized carbons (Fsp3) is 0.404. The van der Waals surface area contributed by atoms with Crippen molar-refractivity contribution in [1.29, 1.82) is 0 Å². The van der Waals surface area contributed by atoms with Gasteiger partial charge in [0.25, 0.3) is 0 Å². The maximum absolute atomic E-state index is 14.5. The molecule has 0 radical (unpaired) electrons. The number of rotatable bonds is 12. The summed E-state index contributed by atoms with van der Waals surface area (Å²) >= 11 is 0. The number of nitrogens with one attached hydrogen (secondary N) is 3. The molecule has 4 aliphatic carbocycles. The van der Waals surface area contributed by atoms with Crippen molar-refractivity contribution >= 4 is 22.8 Å². The standard InChI is InChI=1S/C57H60N4O15/c58-45-20-19-37(61-45)48(65)44(26-62)72-32-16-13-29(14-17-32)41-23-40(64)46-42(73-41)24-43(50(49(46)66)76-55-21-5-9-31(55)8-3-10-33-35(55)11-4-12-39(33)63)74-54-56(70)36-18-15-28-6-1-2-7-30(28)22-34(36)47(38-25-59-27-60-38)57(71,53(56)69)51(75-54)52(67)68/h1-2,4,6-7,11-14,16-17,19-20,23-24,31,38,44,47-48,51,53-54,59-63,65-66,69-71H,3,5,8-10,15,18,21-22,25-27,58H2,(H,67,68)/t31-,38-,44+,47+,48-,51-,53+,54-,55-,56-,57+/m1/s1. The second kappa shape index (κ2) is 19.0. The molecule has 12 rings (SSSR count). The van der Waals surface area contributed by atoms with Crippen LogP contribution >= 0.6 is 0 Å². The zero-order valence-electron chi connectivity index (χ0n) is 41.3. The maximum Gasteiger partial charge on any atom is 0.336 e. The SMILES string of the molecule is Nc1ccc([C@@H](O)[C@H](CO)Oc2ccc(-c3cc(=O)c4c(O)c(O[C@]56CCC[C@H]5CCCc5c(O)cccc56)c(O[C@@H]5O[C@H](C(=O)O)[C@@]6(O)[C@H]([C@H]7CNCN7)C7=C(CCc8ccccc8C7)[C@@]5(O)[C@@H]6O)cc4o3)cc2)[nH]1. The van der Waals surface area contributed by atoms with Gasteiger partial charge in [-0.25, -0.2) is 4.79 Å². The number of aliphatic carboxylic acids is 1. The van der Waals surface area contributed by atoms with E-state index in [4.69, 9.17) is 29.1 Å². The van der Waals surface area contributed by atoms with Crippen molar-refractivity contribution in [2.45, 2.75) is 111 Å². The summed E-state index contributed by atoms with van der Waals surface area (Å²) in [5.74, 6) is -3.52. The minimum absolute atomic E-state index is 0.0337. The summed E-state index contributed by atoms with van der Waals surface area (Å²) < 4.78 is 32.7. The lowest BCUT2D eigenvalue weighted by Crippen LogP contribution is -2.81. The zero-order chi connectivity index (χ0) is 52.8. The first kappa shape index (κ1) is 49.9. The molecule has 6 aliphatic rings. The van der Waals surface area contributed by atoms with Crippen molar-refractivity contribution in [3.05, 3.63) is 140 Å². The number of aliphatic hydroxyl groups is 5. The number of aromatic nitrogens is 1. The lowest BCUT2D eigenvalue weighted by molar-refractivity contribution is -0.348. The molecule has 4 aromatic carbocycles. The van der Waals surface area contributed by atoms with E-state index in [0.717, 1.165) is 24.0 Å². The minimum Gasteiger partial charge on any atom is -0.508 e. The number of carbonyl (C=O) groups is 1. The van der Waals surface area contributed by atoms with Gasteiger partial charge in [-0.2, -0.15) is 0 Å². The van der Waals surface area contributed by atoms with Crippen molar-refractivity contribution < 1.29 is 69.0 Å². The highest BCUT2D eigenvalue weighted by Crippen LogP contribution is 2.59. The molecule has 19 heteroatoms. The number of carboxylic acid groups (broad SMARTS) is 1. The largest absolute Gasteiger partial charge is 0.508 e. The maximum atomic E-state index is 14.5. The summed E-state index contributed by atoms with van der Waals surface area (Å²) in [4.78, 5) is 30.9. The molecular weight excluding hydrogens is 981 g/mol. The van der Waals surface area contributed by atoms with Crippen molar-refractivity contribution in [2.75, 3.05) is 25.6 Å². The van der Waals surface area contributed by atoms with Crippen molar-refractivity contribution in [2.24, 2.45) is 11.8 Å². The van der Waals surface area contributed by atoms with Crippen LogP contribution in [-0.4, -0.2) is 113 Å². The topological polar surface area (TPSA) is 312 Å². The van der Waals surface area contributed by atoms with Crippen LogP contribution in [0.1, 0.15) is 72.6 Å². The third kappa shape index (κ3) is 7.85. The average Bonchev–Trinajstić information content (AvgIpc) is 4.15. The van der Waals surface area contributed by atoms with Gasteiger partial charge < -0.3 is 80.3 Å². The Kier molecular flexibility index (Phi) is 12.4. The Morgan fingerprint density at radius 3 is 2.46 bits per heavy atom. The number of H-pyrrole nitrogens is 1. The first-order valence-corrected chi connectivity index (χ1v) is 25.9. The highest BCUT2D eigenvalue weighted by Gasteiger charge is 2.74. The number of nitrogen functional groups attached to an aromatic ring is 1. The number of aromatic amines is 1. The molecule has 0 unspecified atom stereocenters. The molecule has 3 fully saturated rings. The molecule has 1 saturated carbocycles. The molecule has 11 atom stereocenters. The monoisotopic (exact) mass is 1040 g/mol. The Morgan fingerprint density at radius 1 is 0.934 bits per heavy atom. The Labute approximate surface area is 435 Å².